The Bertz CT molecular complexity index is 711. The lowest BCUT2D eigenvalue weighted by Gasteiger charge is -2.36. The van der Waals surface area contributed by atoms with E-state index in [0.717, 1.165) is 43.9 Å². The van der Waals surface area contributed by atoms with E-state index in [9.17, 15) is 0 Å². The van der Waals surface area contributed by atoms with Crippen molar-refractivity contribution in [3.63, 3.8) is 0 Å². The summed E-state index contributed by atoms with van der Waals surface area (Å²) in [4.78, 5) is 5.23. The van der Waals surface area contributed by atoms with E-state index in [0.29, 0.717) is 12.0 Å². The molecule has 0 unspecified atom stereocenters. The molecule has 3 saturated heterocycles. The van der Waals surface area contributed by atoms with Gasteiger partial charge in [-0.1, -0.05) is 30.3 Å². The van der Waals surface area contributed by atoms with Crippen molar-refractivity contribution in [2.75, 3.05) is 19.6 Å². The van der Waals surface area contributed by atoms with Gasteiger partial charge in [0.05, 0.1) is 6.54 Å². The molecule has 2 atom stereocenters. The molecule has 25 heavy (non-hydrogen) atoms. The van der Waals surface area contributed by atoms with Crippen LogP contribution >= 0.6 is 0 Å². The second kappa shape index (κ2) is 6.54. The number of hydrogen-bond donors (Lipinski definition) is 0. The number of nitrogens with zero attached hydrogens (tertiary/aromatic N) is 4. The van der Waals surface area contributed by atoms with E-state index in [1.54, 1.807) is 0 Å². The van der Waals surface area contributed by atoms with E-state index >= 15 is 0 Å². The Balaban J connectivity index is 1.25. The highest BCUT2D eigenvalue weighted by Gasteiger charge is 2.35. The Morgan fingerprint density at radius 2 is 1.80 bits per heavy atom. The molecule has 1 aliphatic carbocycles. The molecule has 132 valence electrons. The Morgan fingerprint density at radius 3 is 2.64 bits per heavy atom. The Morgan fingerprint density at radius 1 is 0.920 bits per heavy atom. The molecular weight excluding hydrogens is 312 g/mol. The second-order valence-electron chi connectivity index (χ2n) is 8.01. The monoisotopic (exact) mass is 338 g/mol. The van der Waals surface area contributed by atoms with Crippen LogP contribution in [0.1, 0.15) is 48.9 Å². The molecule has 0 N–H and O–H groups in total. The quantitative estimate of drug-likeness (QED) is 0.838. The highest BCUT2D eigenvalue weighted by atomic mass is 16.4. The molecule has 1 aromatic carbocycles. The SMILES string of the molecule is c1ccc(CN2C[C@H]3CC[C@@H]2CN(Cc2nnc(C4CC4)o2)C3)cc1. The summed E-state index contributed by atoms with van der Waals surface area (Å²) in [5.74, 6) is 2.97. The summed E-state index contributed by atoms with van der Waals surface area (Å²) >= 11 is 0. The molecule has 2 bridgehead atoms. The molecule has 1 aromatic heterocycles. The maximum absolute atomic E-state index is 5.89. The molecule has 4 heterocycles. The molecule has 0 amide bonds. The molecule has 5 heteroatoms. The van der Waals surface area contributed by atoms with Gasteiger partial charge in [-0.15, -0.1) is 10.2 Å². The lowest BCUT2D eigenvalue weighted by Crippen LogP contribution is -2.43. The topological polar surface area (TPSA) is 45.4 Å². The van der Waals surface area contributed by atoms with Crippen molar-refractivity contribution in [3.05, 3.63) is 47.7 Å². The van der Waals surface area contributed by atoms with Crippen LogP contribution in [-0.2, 0) is 13.1 Å². The van der Waals surface area contributed by atoms with Crippen molar-refractivity contribution in [1.82, 2.24) is 20.0 Å². The fraction of sp³-hybridized carbons (Fsp3) is 0.600. The van der Waals surface area contributed by atoms with Crippen molar-refractivity contribution >= 4 is 0 Å². The number of aromatic nitrogens is 2. The third-order valence-corrected chi connectivity index (χ3v) is 5.90. The van der Waals surface area contributed by atoms with Gasteiger partial charge in [-0.25, -0.2) is 0 Å². The zero-order chi connectivity index (χ0) is 16.6. The van der Waals surface area contributed by atoms with Gasteiger partial charge in [0.15, 0.2) is 0 Å². The highest BCUT2D eigenvalue weighted by molar-refractivity contribution is 5.15. The lowest BCUT2D eigenvalue weighted by atomic mass is 9.94. The van der Waals surface area contributed by atoms with Crippen LogP contribution in [0.4, 0.5) is 0 Å². The van der Waals surface area contributed by atoms with Crippen LogP contribution in [0.3, 0.4) is 0 Å². The molecule has 2 aromatic rings. The molecular formula is C20H26N4O. The van der Waals surface area contributed by atoms with Gasteiger partial charge in [0.2, 0.25) is 11.8 Å². The Labute approximate surface area is 149 Å². The predicted octanol–water partition coefficient (Wildman–Crippen LogP) is 3.04. The summed E-state index contributed by atoms with van der Waals surface area (Å²) in [5.41, 5.74) is 1.42. The summed E-state index contributed by atoms with van der Waals surface area (Å²) < 4.78 is 5.89. The maximum Gasteiger partial charge on any atom is 0.230 e. The summed E-state index contributed by atoms with van der Waals surface area (Å²) in [5, 5.41) is 8.53. The van der Waals surface area contributed by atoms with E-state index in [2.05, 4.69) is 50.3 Å². The third kappa shape index (κ3) is 3.48. The zero-order valence-corrected chi connectivity index (χ0v) is 14.7. The fourth-order valence-electron chi connectivity index (χ4n) is 4.43. The first-order valence-electron chi connectivity index (χ1n) is 9.66. The first kappa shape index (κ1) is 15.5. The number of fused-ring (bicyclic) bond motifs is 4. The first-order chi connectivity index (χ1) is 12.3. The van der Waals surface area contributed by atoms with Gasteiger partial charge in [0, 0.05) is 38.1 Å². The summed E-state index contributed by atoms with van der Waals surface area (Å²) in [6, 6.07) is 11.5. The predicted molar refractivity (Wildman–Crippen MR) is 94.9 cm³/mol. The maximum atomic E-state index is 5.89. The Kier molecular flexibility index (Phi) is 4.06. The molecule has 5 nitrogen and oxygen atoms in total. The number of benzene rings is 1. The number of rotatable bonds is 5. The average Bonchev–Trinajstić information content (AvgIpc) is 3.42. The van der Waals surface area contributed by atoms with E-state index in [1.165, 1.54) is 37.8 Å². The van der Waals surface area contributed by atoms with Gasteiger partial charge < -0.3 is 4.42 Å². The molecule has 1 saturated carbocycles. The first-order valence-corrected chi connectivity index (χ1v) is 9.66. The van der Waals surface area contributed by atoms with E-state index in [1.807, 2.05) is 0 Å². The van der Waals surface area contributed by atoms with Gasteiger partial charge in [-0.3, -0.25) is 9.80 Å². The number of piperidine rings is 1. The molecule has 3 aliphatic heterocycles. The minimum Gasteiger partial charge on any atom is -0.424 e. The van der Waals surface area contributed by atoms with Crippen LogP contribution in [0.15, 0.2) is 34.7 Å². The van der Waals surface area contributed by atoms with E-state index in [4.69, 9.17) is 4.42 Å². The minimum atomic E-state index is 0.544. The smallest absolute Gasteiger partial charge is 0.230 e. The van der Waals surface area contributed by atoms with Crippen LogP contribution in [0.5, 0.6) is 0 Å². The van der Waals surface area contributed by atoms with Crippen LogP contribution < -0.4 is 0 Å². The third-order valence-electron chi connectivity index (χ3n) is 5.90. The van der Waals surface area contributed by atoms with Crippen molar-refractivity contribution in [1.29, 1.82) is 0 Å². The molecule has 0 spiro atoms. The Hall–Kier alpha value is -1.72. The van der Waals surface area contributed by atoms with E-state index < -0.39 is 0 Å². The van der Waals surface area contributed by atoms with Gasteiger partial charge in [-0.2, -0.15) is 0 Å². The summed E-state index contributed by atoms with van der Waals surface area (Å²) in [7, 11) is 0. The van der Waals surface area contributed by atoms with Crippen molar-refractivity contribution in [2.24, 2.45) is 5.92 Å². The van der Waals surface area contributed by atoms with Crippen molar-refractivity contribution < 1.29 is 4.42 Å². The van der Waals surface area contributed by atoms with Gasteiger partial charge >= 0.3 is 0 Å². The lowest BCUT2D eigenvalue weighted by molar-refractivity contribution is 0.122. The fourth-order valence-corrected chi connectivity index (χ4v) is 4.43. The molecule has 4 fully saturated rings. The highest BCUT2D eigenvalue weighted by Crippen LogP contribution is 2.39. The molecule has 6 rings (SSSR count). The molecule has 4 aliphatic rings. The van der Waals surface area contributed by atoms with Crippen LogP contribution in [-0.4, -0.2) is 45.7 Å². The standard InChI is InChI=1S/C20H26N4O/c1-2-4-15(5-3-1)11-24-12-16-6-9-18(24)13-23(10-16)14-19-21-22-20(25-19)17-7-8-17/h1-5,16-18H,6-14H2/t16-,18+/m0/s1. The van der Waals surface area contributed by atoms with Crippen LogP contribution in [0.25, 0.3) is 0 Å². The molecule has 0 radical (unpaired) electrons. The zero-order valence-electron chi connectivity index (χ0n) is 14.7. The van der Waals surface area contributed by atoms with Gasteiger partial charge in [0.1, 0.15) is 0 Å². The largest absolute Gasteiger partial charge is 0.424 e. The average molecular weight is 338 g/mol. The summed E-state index contributed by atoms with van der Waals surface area (Å²) in [6.45, 7) is 5.37. The van der Waals surface area contributed by atoms with Gasteiger partial charge in [0.25, 0.3) is 0 Å². The van der Waals surface area contributed by atoms with Crippen molar-refractivity contribution in [2.45, 2.75) is 50.7 Å². The van der Waals surface area contributed by atoms with Crippen molar-refractivity contribution in [3.8, 4) is 0 Å². The van der Waals surface area contributed by atoms with Crippen LogP contribution in [0.2, 0.25) is 0 Å². The van der Waals surface area contributed by atoms with Gasteiger partial charge in [-0.05, 0) is 37.2 Å². The van der Waals surface area contributed by atoms with Crippen LogP contribution in [0, 0.1) is 5.92 Å². The summed E-state index contributed by atoms with van der Waals surface area (Å²) in [6.07, 6.45) is 5.09. The minimum absolute atomic E-state index is 0.544. The second-order valence-corrected chi connectivity index (χ2v) is 8.01. The number of hydrogen-bond acceptors (Lipinski definition) is 5. The van der Waals surface area contributed by atoms with E-state index in [-0.39, 0.29) is 0 Å². The normalized spacial score (nSPS) is 27.5.